The summed E-state index contributed by atoms with van der Waals surface area (Å²) in [4.78, 5) is 19.2. The van der Waals surface area contributed by atoms with E-state index in [1.54, 1.807) is 18.3 Å². The number of aromatic nitrogens is 1. The van der Waals surface area contributed by atoms with E-state index in [9.17, 15) is 4.79 Å². The maximum atomic E-state index is 12.6. The van der Waals surface area contributed by atoms with E-state index < -0.39 is 0 Å². The molecule has 1 aromatic heterocycles. The molecule has 1 fully saturated rings. The van der Waals surface area contributed by atoms with E-state index in [-0.39, 0.29) is 5.91 Å². The van der Waals surface area contributed by atoms with Crippen LogP contribution in [0.5, 0.6) is 11.5 Å². The van der Waals surface area contributed by atoms with Gasteiger partial charge in [0.05, 0.1) is 32.0 Å². The Morgan fingerprint density at radius 3 is 2.76 bits per heavy atom. The second-order valence-corrected chi connectivity index (χ2v) is 7.05. The minimum atomic E-state index is -0.246. The van der Waals surface area contributed by atoms with Gasteiger partial charge in [-0.3, -0.25) is 4.79 Å². The number of hydrogen-bond acceptors (Lipinski definition) is 6. The molecule has 1 aromatic carbocycles. The second-order valence-electron chi connectivity index (χ2n) is 6.64. The van der Waals surface area contributed by atoms with E-state index in [1.165, 1.54) is 7.11 Å². The lowest BCUT2D eigenvalue weighted by atomic mass is 10.1. The van der Waals surface area contributed by atoms with Crippen LogP contribution in [0.1, 0.15) is 29.3 Å². The SMILES string of the molecule is CCCOc1c(Cl)cc(C(=O)NCc2ccc(N3CCOCC3)nc2)cc1OC. The molecule has 2 aromatic rings. The van der Waals surface area contributed by atoms with Gasteiger partial charge >= 0.3 is 0 Å². The lowest BCUT2D eigenvalue weighted by Gasteiger charge is -2.27. The van der Waals surface area contributed by atoms with Gasteiger partial charge in [0.2, 0.25) is 0 Å². The molecular formula is C21H26ClN3O4. The normalized spacial score (nSPS) is 13.8. The van der Waals surface area contributed by atoms with Crippen LogP contribution in [-0.2, 0) is 11.3 Å². The zero-order valence-corrected chi connectivity index (χ0v) is 17.5. The number of nitrogens with one attached hydrogen (secondary N) is 1. The van der Waals surface area contributed by atoms with Gasteiger partial charge in [0.1, 0.15) is 5.82 Å². The number of hydrogen-bond donors (Lipinski definition) is 1. The Bertz CT molecular complexity index is 823. The summed E-state index contributed by atoms with van der Waals surface area (Å²) in [5.41, 5.74) is 1.32. The number of rotatable bonds is 8. The van der Waals surface area contributed by atoms with Crippen LogP contribution in [0.3, 0.4) is 0 Å². The van der Waals surface area contributed by atoms with Crippen LogP contribution < -0.4 is 19.7 Å². The van der Waals surface area contributed by atoms with E-state index in [0.717, 1.165) is 30.9 Å². The molecule has 156 valence electrons. The summed E-state index contributed by atoms with van der Waals surface area (Å²) < 4.78 is 16.3. The maximum absolute atomic E-state index is 12.6. The number of anilines is 1. The van der Waals surface area contributed by atoms with Crippen molar-refractivity contribution in [2.24, 2.45) is 0 Å². The fourth-order valence-corrected chi connectivity index (χ4v) is 3.25. The van der Waals surface area contributed by atoms with Crippen LogP contribution in [0.2, 0.25) is 5.02 Å². The van der Waals surface area contributed by atoms with Crippen LogP contribution >= 0.6 is 11.6 Å². The third kappa shape index (κ3) is 5.52. The molecule has 8 heteroatoms. The molecule has 0 saturated carbocycles. The molecule has 0 aliphatic carbocycles. The van der Waals surface area contributed by atoms with Crippen molar-refractivity contribution in [3.05, 3.63) is 46.6 Å². The third-order valence-corrected chi connectivity index (χ3v) is 4.82. The van der Waals surface area contributed by atoms with E-state index in [2.05, 4.69) is 15.2 Å². The zero-order chi connectivity index (χ0) is 20.6. The smallest absolute Gasteiger partial charge is 0.251 e. The predicted octanol–water partition coefficient (Wildman–Crippen LogP) is 3.30. The largest absolute Gasteiger partial charge is 0.493 e. The summed E-state index contributed by atoms with van der Waals surface area (Å²) in [7, 11) is 1.52. The van der Waals surface area contributed by atoms with Crippen molar-refractivity contribution in [2.75, 3.05) is 44.9 Å². The lowest BCUT2D eigenvalue weighted by molar-refractivity contribution is 0.0950. The molecule has 7 nitrogen and oxygen atoms in total. The molecule has 29 heavy (non-hydrogen) atoms. The summed E-state index contributed by atoms with van der Waals surface area (Å²) in [6.45, 7) is 6.00. The van der Waals surface area contributed by atoms with E-state index in [0.29, 0.717) is 48.5 Å². The van der Waals surface area contributed by atoms with Gasteiger partial charge in [-0.2, -0.15) is 0 Å². The quantitative estimate of drug-likeness (QED) is 0.707. The summed E-state index contributed by atoms with van der Waals surface area (Å²) in [6.07, 6.45) is 2.63. The number of amides is 1. The highest BCUT2D eigenvalue weighted by atomic mass is 35.5. The second kappa shape index (κ2) is 10.3. The first kappa shape index (κ1) is 21.2. The minimum absolute atomic E-state index is 0.246. The Balaban J connectivity index is 1.62. The number of morpholine rings is 1. The number of nitrogens with zero attached hydrogens (tertiary/aromatic N) is 2. The summed E-state index contributed by atoms with van der Waals surface area (Å²) >= 11 is 6.29. The third-order valence-electron chi connectivity index (χ3n) is 4.54. The zero-order valence-electron chi connectivity index (χ0n) is 16.7. The molecule has 3 rings (SSSR count). The monoisotopic (exact) mass is 419 g/mol. The van der Waals surface area contributed by atoms with E-state index >= 15 is 0 Å². The maximum Gasteiger partial charge on any atom is 0.251 e. The Hall–Kier alpha value is -2.51. The van der Waals surface area contributed by atoms with Gasteiger partial charge in [0.15, 0.2) is 11.5 Å². The number of carbonyl (C=O) groups excluding carboxylic acids is 1. The van der Waals surface area contributed by atoms with Crippen LogP contribution in [0.25, 0.3) is 0 Å². The van der Waals surface area contributed by atoms with Gasteiger partial charge in [-0.1, -0.05) is 24.6 Å². The molecule has 1 aliphatic rings. The minimum Gasteiger partial charge on any atom is -0.493 e. The first-order chi connectivity index (χ1) is 14.1. The summed E-state index contributed by atoms with van der Waals surface area (Å²) in [6, 6.07) is 7.15. The first-order valence-corrected chi connectivity index (χ1v) is 10.1. The van der Waals surface area contributed by atoms with Crippen molar-refractivity contribution in [3.63, 3.8) is 0 Å². The molecule has 1 N–H and O–H groups in total. The van der Waals surface area contributed by atoms with E-state index in [1.807, 2.05) is 19.1 Å². The Morgan fingerprint density at radius 2 is 2.10 bits per heavy atom. The van der Waals surface area contributed by atoms with Crippen molar-refractivity contribution >= 4 is 23.3 Å². The molecule has 0 spiro atoms. The number of pyridine rings is 1. The summed E-state index contributed by atoms with van der Waals surface area (Å²) in [5.74, 6) is 1.56. The van der Waals surface area contributed by atoms with Crippen molar-refractivity contribution < 1.29 is 19.0 Å². The highest BCUT2D eigenvalue weighted by molar-refractivity contribution is 6.32. The van der Waals surface area contributed by atoms with Gasteiger partial charge in [0, 0.05) is 31.4 Å². The number of carbonyl (C=O) groups is 1. The Kier molecular flexibility index (Phi) is 7.55. The number of benzene rings is 1. The van der Waals surface area contributed by atoms with Crippen LogP contribution in [-0.4, -0.2) is 50.9 Å². The Morgan fingerprint density at radius 1 is 1.31 bits per heavy atom. The van der Waals surface area contributed by atoms with Gasteiger partial charge in [0.25, 0.3) is 5.91 Å². The average Bonchev–Trinajstić information content (AvgIpc) is 2.77. The van der Waals surface area contributed by atoms with Crippen molar-refractivity contribution in [2.45, 2.75) is 19.9 Å². The van der Waals surface area contributed by atoms with Crippen LogP contribution in [0.15, 0.2) is 30.5 Å². The van der Waals surface area contributed by atoms with Crippen molar-refractivity contribution in [1.29, 1.82) is 0 Å². The summed E-state index contributed by atoms with van der Waals surface area (Å²) in [5, 5.41) is 3.23. The number of methoxy groups -OCH3 is 1. The lowest BCUT2D eigenvalue weighted by Crippen LogP contribution is -2.36. The van der Waals surface area contributed by atoms with Gasteiger partial charge < -0.3 is 24.4 Å². The molecule has 0 unspecified atom stereocenters. The molecule has 1 saturated heterocycles. The molecular weight excluding hydrogens is 394 g/mol. The van der Waals surface area contributed by atoms with E-state index in [4.69, 9.17) is 25.8 Å². The van der Waals surface area contributed by atoms with Crippen LogP contribution in [0.4, 0.5) is 5.82 Å². The standard InChI is InChI=1S/C21H26ClN3O4/c1-3-8-29-20-17(22)11-16(12-18(20)27-2)21(26)24-14-15-4-5-19(23-13-15)25-6-9-28-10-7-25/h4-5,11-13H,3,6-10,14H2,1-2H3,(H,24,26). The first-order valence-electron chi connectivity index (χ1n) is 9.68. The topological polar surface area (TPSA) is 72.9 Å². The highest BCUT2D eigenvalue weighted by Crippen LogP contribution is 2.36. The Labute approximate surface area is 175 Å². The molecule has 0 atom stereocenters. The fourth-order valence-electron chi connectivity index (χ4n) is 2.98. The molecule has 2 heterocycles. The van der Waals surface area contributed by atoms with Gasteiger partial charge in [-0.05, 0) is 30.2 Å². The fraction of sp³-hybridized carbons (Fsp3) is 0.429. The molecule has 1 aliphatic heterocycles. The average molecular weight is 420 g/mol. The van der Waals surface area contributed by atoms with Crippen molar-refractivity contribution in [1.82, 2.24) is 10.3 Å². The predicted molar refractivity (Wildman–Crippen MR) is 112 cm³/mol. The molecule has 0 bridgehead atoms. The van der Waals surface area contributed by atoms with Gasteiger partial charge in [-0.25, -0.2) is 4.98 Å². The van der Waals surface area contributed by atoms with Crippen LogP contribution in [0, 0.1) is 0 Å². The molecule has 1 amide bonds. The number of halogens is 1. The molecule has 0 radical (unpaired) electrons. The van der Waals surface area contributed by atoms with Crippen molar-refractivity contribution in [3.8, 4) is 11.5 Å². The van der Waals surface area contributed by atoms with Gasteiger partial charge in [-0.15, -0.1) is 0 Å². The number of ether oxygens (including phenoxy) is 3. The highest BCUT2D eigenvalue weighted by Gasteiger charge is 2.16.